The van der Waals surface area contributed by atoms with Crippen molar-refractivity contribution in [2.75, 3.05) is 6.54 Å². The second-order valence-corrected chi connectivity index (χ2v) is 7.13. The third-order valence-electron chi connectivity index (χ3n) is 4.59. The van der Waals surface area contributed by atoms with Crippen LogP contribution in [-0.4, -0.2) is 40.6 Å². The molecule has 2 amide bonds. The lowest BCUT2D eigenvalue weighted by Gasteiger charge is -2.44. The minimum absolute atomic E-state index is 0.0620. The molecule has 0 saturated carbocycles. The lowest BCUT2D eigenvalue weighted by atomic mass is 9.76. The zero-order valence-electron chi connectivity index (χ0n) is 14.0. The summed E-state index contributed by atoms with van der Waals surface area (Å²) in [6.45, 7) is 10.6. The summed E-state index contributed by atoms with van der Waals surface area (Å²) in [6, 6.07) is -0.931. The van der Waals surface area contributed by atoms with Crippen LogP contribution in [0.1, 0.15) is 60.3 Å². The Morgan fingerprint density at radius 1 is 1.38 bits per heavy atom. The largest absolute Gasteiger partial charge is 0.480 e. The molecule has 5 nitrogen and oxygen atoms in total. The van der Waals surface area contributed by atoms with Crippen LogP contribution in [0.5, 0.6) is 0 Å². The molecular weight excluding hydrogens is 268 g/mol. The first-order valence-electron chi connectivity index (χ1n) is 7.99. The lowest BCUT2D eigenvalue weighted by Crippen LogP contribution is -2.59. The number of hydrogen-bond donors (Lipinski definition) is 2. The molecule has 0 aromatic rings. The molecule has 0 aromatic heterocycles. The molecule has 122 valence electrons. The van der Waals surface area contributed by atoms with Crippen molar-refractivity contribution in [2.24, 2.45) is 11.3 Å². The number of carbonyl (C=O) groups excluding carboxylic acids is 1. The van der Waals surface area contributed by atoms with E-state index in [1.807, 2.05) is 20.8 Å². The van der Waals surface area contributed by atoms with Gasteiger partial charge in [0.15, 0.2) is 0 Å². The Morgan fingerprint density at radius 3 is 2.52 bits per heavy atom. The molecule has 1 fully saturated rings. The standard InChI is InChI=1S/C16H30N2O3/c1-6-11(2)10-12(3)17-15(21)18-9-7-8-16(4,5)13(18)14(19)20/h11-13H,6-10H2,1-5H3,(H,17,21)(H,19,20). The van der Waals surface area contributed by atoms with Crippen LogP contribution in [0.4, 0.5) is 4.79 Å². The number of nitrogens with zero attached hydrogens (tertiary/aromatic N) is 1. The Balaban J connectivity index is 2.73. The third-order valence-corrected chi connectivity index (χ3v) is 4.59. The molecule has 0 bridgehead atoms. The van der Waals surface area contributed by atoms with E-state index in [4.69, 9.17) is 0 Å². The SMILES string of the molecule is CCC(C)CC(C)NC(=O)N1CCCC(C)(C)C1C(=O)O. The van der Waals surface area contributed by atoms with E-state index >= 15 is 0 Å². The van der Waals surface area contributed by atoms with Gasteiger partial charge in [0, 0.05) is 12.6 Å². The van der Waals surface area contributed by atoms with Crippen LogP contribution in [0.2, 0.25) is 0 Å². The van der Waals surface area contributed by atoms with E-state index in [2.05, 4.69) is 19.2 Å². The quantitative estimate of drug-likeness (QED) is 0.819. The van der Waals surface area contributed by atoms with Crippen molar-refractivity contribution < 1.29 is 14.7 Å². The first-order valence-corrected chi connectivity index (χ1v) is 7.99. The second kappa shape index (κ2) is 7.14. The van der Waals surface area contributed by atoms with Gasteiger partial charge in [0.05, 0.1) is 0 Å². The van der Waals surface area contributed by atoms with Gasteiger partial charge in [-0.15, -0.1) is 0 Å². The van der Waals surface area contributed by atoms with E-state index in [1.54, 1.807) is 0 Å². The van der Waals surface area contributed by atoms with Crippen LogP contribution >= 0.6 is 0 Å². The summed E-state index contributed by atoms with van der Waals surface area (Å²) in [5.74, 6) is -0.363. The van der Waals surface area contributed by atoms with E-state index in [1.165, 1.54) is 4.90 Å². The molecule has 5 heteroatoms. The number of carbonyl (C=O) groups is 2. The fraction of sp³-hybridized carbons (Fsp3) is 0.875. The molecule has 0 aliphatic carbocycles. The molecule has 0 spiro atoms. The smallest absolute Gasteiger partial charge is 0.327 e. The highest BCUT2D eigenvalue weighted by atomic mass is 16.4. The van der Waals surface area contributed by atoms with E-state index in [0.717, 1.165) is 25.7 Å². The number of amides is 2. The normalized spacial score (nSPS) is 24.2. The Hall–Kier alpha value is -1.26. The summed E-state index contributed by atoms with van der Waals surface area (Å²) in [7, 11) is 0. The van der Waals surface area contributed by atoms with Gasteiger partial charge in [-0.2, -0.15) is 0 Å². The molecule has 2 N–H and O–H groups in total. The van der Waals surface area contributed by atoms with Crippen LogP contribution in [0.3, 0.4) is 0 Å². The van der Waals surface area contributed by atoms with Gasteiger partial charge in [0.1, 0.15) is 6.04 Å². The third kappa shape index (κ3) is 4.61. The first-order chi connectivity index (χ1) is 9.69. The monoisotopic (exact) mass is 298 g/mol. The molecule has 1 heterocycles. The van der Waals surface area contributed by atoms with Gasteiger partial charge in [0.25, 0.3) is 0 Å². The minimum Gasteiger partial charge on any atom is -0.480 e. The number of urea groups is 1. The predicted molar refractivity (Wildman–Crippen MR) is 83.2 cm³/mol. The fourth-order valence-corrected chi connectivity index (χ4v) is 3.20. The van der Waals surface area contributed by atoms with Gasteiger partial charge in [-0.25, -0.2) is 9.59 Å². The van der Waals surface area contributed by atoms with Crippen molar-refractivity contribution >= 4 is 12.0 Å². The van der Waals surface area contributed by atoms with Crippen LogP contribution in [-0.2, 0) is 4.79 Å². The number of rotatable bonds is 5. The molecule has 1 rings (SSSR count). The highest BCUT2D eigenvalue weighted by Crippen LogP contribution is 2.35. The van der Waals surface area contributed by atoms with E-state index in [0.29, 0.717) is 12.5 Å². The average Bonchev–Trinajstić information content (AvgIpc) is 2.36. The molecular formula is C16H30N2O3. The summed E-state index contributed by atoms with van der Waals surface area (Å²) in [5, 5.41) is 12.5. The average molecular weight is 298 g/mol. The van der Waals surface area contributed by atoms with Gasteiger partial charge in [-0.05, 0) is 37.5 Å². The number of piperidine rings is 1. The number of carboxylic acids is 1. The molecule has 1 saturated heterocycles. The summed E-state index contributed by atoms with van der Waals surface area (Å²) in [6.07, 6.45) is 3.67. The predicted octanol–water partition coefficient (Wildman–Crippen LogP) is 3.10. The number of carboxylic acid groups (broad SMARTS) is 1. The van der Waals surface area contributed by atoms with Crippen molar-refractivity contribution in [3.63, 3.8) is 0 Å². The topological polar surface area (TPSA) is 69.6 Å². The molecule has 0 radical (unpaired) electrons. The summed E-state index contributed by atoms with van der Waals surface area (Å²) < 4.78 is 0. The van der Waals surface area contributed by atoms with Gasteiger partial charge < -0.3 is 15.3 Å². The van der Waals surface area contributed by atoms with Crippen molar-refractivity contribution in [1.29, 1.82) is 0 Å². The molecule has 1 aliphatic rings. The highest BCUT2D eigenvalue weighted by molar-refractivity contribution is 5.83. The molecule has 0 aromatic carbocycles. The van der Waals surface area contributed by atoms with Gasteiger partial charge in [0.2, 0.25) is 0 Å². The van der Waals surface area contributed by atoms with Crippen molar-refractivity contribution in [3.05, 3.63) is 0 Å². The van der Waals surface area contributed by atoms with Crippen molar-refractivity contribution in [3.8, 4) is 0 Å². The van der Waals surface area contributed by atoms with E-state index < -0.39 is 12.0 Å². The number of aliphatic carboxylic acids is 1. The number of likely N-dealkylation sites (tertiary alicyclic amines) is 1. The maximum Gasteiger partial charge on any atom is 0.327 e. The Kier molecular flexibility index (Phi) is 6.05. The molecule has 21 heavy (non-hydrogen) atoms. The van der Waals surface area contributed by atoms with Crippen LogP contribution in [0.25, 0.3) is 0 Å². The minimum atomic E-state index is -0.913. The van der Waals surface area contributed by atoms with Crippen molar-refractivity contribution in [1.82, 2.24) is 10.2 Å². The van der Waals surface area contributed by atoms with E-state index in [-0.39, 0.29) is 17.5 Å². The van der Waals surface area contributed by atoms with Gasteiger partial charge in [-0.3, -0.25) is 0 Å². The van der Waals surface area contributed by atoms with E-state index in [9.17, 15) is 14.7 Å². The number of hydrogen-bond acceptors (Lipinski definition) is 2. The number of nitrogens with one attached hydrogen (secondary N) is 1. The zero-order chi connectivity index (χ0) is 16.2. The lowest BCUT2D eigenvalue weighted by molar-refractivity contribution is -0.148. The highest BCUT2D eigenvalue weighted by Gasteiger charge is 2.44. The first kappa shape index (κ1) is 17.8. The van der Waals surface area contributed by atoms with Crippen molar-refractivity contribution in [2.45, 2.75) is 72.4 Å². The van der Waals surface area contributed by atoms with Crippen LogP contribution in [0.15, 0.2) is 0 Å². The Morgan fingerprint density at radius 2 is 2.00 bits per heavy atom. The second-order valence-electron chi connectivity index (χ2n) is 7.13. The van der Waals surface area contributed by atoms with Crippen LogP contribution < -0.4 is 5.32 Å². The maximum absolute atomic E-state index is 12.4. The van der Waals surface area contributed by atoms with Crippen LogP contribution in [0, 0.1) is 11.3 Å². The summed E-state index contributed by atoms with van der Waals surface area (Å²) in [5.41, 5.74) is -0.388. The Labute approximate surface area is 128 Å². The Bertz CT molecular complexity index is 382. The molecule has 1 aliphatic heterocycles. The molecule has 3 atom stereocenters. The maximum atomic E-state index is 12.4. The summed E-state index contributed by atoms with van der Waals surface area (Å²) in [4.78, 5) is 25.5. The fourth-order valence-electron chi connectivity index (χ4n) is 3.20. The molecule has 3 unspecified atom stereocenters. The van der Waals surface area contributed by atoms with Gasteiger partial charge in [-0.1, -0.05) is 34.1 Å². The van der Waals surface area contributed by atoms with Gasteiger partial charge >= 0.3 is 12.0 Å². The zero-order valence-corrected chi connectivity index (χ0v) is 14.0. The summed E-state index contributed by atoms with van der Waals surface area (Å²) >= 11 is 0.